The number of fused-ring (bicyclic) bond motifs is 1. The van der Waals surface area contributed by atoms with Gasteiger partial charge in [0.25, 0.3) is 0 Å². The predicted molar refractivity (Wildman–Crippen MR) is 84.3 cm³/mol. The summed E-state index contributed by atoms with van der Waals surface area (Å²) < 4.78 is 5.20. The van der Waals surface area contributed by atoms with Crippen molar-refractivity contribution in [3.63, 3.8) is 0 Å². The van der Waals surface area contributed by atoms with Gasteiger partial charge in [0.2, 0.25) is 0 Å². The summed E-state index contributed by atoms with van der Waals surface area (Å²) in [4.78, 5) is 12.3. The topological polar surface area (TPSA) is 26.3 Å². The first-order chi connectivity index (χ1) is 10.2. The Labute approximate surface area is 129 Å². The van der Waals surface area contributed by atoms with Gasteiger partial charge in [0.15, 0.2) is 0 Å². The van der Waals surface area contributed by atoms with Gasteiger partial charge in [-0.05, 0) is 35.8 Å². The average Bonchev–Trinajstić information content (AvgIpc) is 2.89. The Balaban J connectivity index is 2.13. The van der Waals surface area contributed by atoms with E-state index in [4.69, 9.17) is 16.3 Å². The minimum absolute atomic E-state index is 0.158. The Bertz CT molecular complexity index is 704. The number of hydrogen-bond acceptors (Lipinski definition) is 2. The van der Waals surface area contributed by atoms with Crippen LogP contribution in [0.2, 0.25) is 5.02 Å². The van der Waals surface area contributed by atoms with Crippen molar-refractivity contribution in [2.24, 2.45) is 0 Å². The Kier molecular flexibility index (Phi) is 3.80. The maximum absolute atomic E-state index is 12.3. The van der Waals surface area contributed by atoms with Gasteiger partial charge in [0, 0.05) is 16.5 Å². The fraction of sp³-hybridized carbons (Fsp3) is 0.167. The molecule has 3 rings (SSSR count). The fourth-order valence-corrected chi connectivity index (χ4v) is 3.06. The highest BCUT2D eigenvalue weighted by Crippen LogP contribution is 2.44. The van der Waals surface area contributed by atoms with E-state index in [2.05, 4.69) is 0 Å². The molecule has 0 fully saturated rings. The molecule has 0 heterocycles. The lowest BCUT2D eigenvalue weighted by Crippen LogP contribution is -2.13. The first kappa shape index (κ1) is 13.9. The molecule has 0 saturated carbocycles. The van der Waals surface area contributed by atoms with E-state index in [9.17, 15) is 4.79 Å². The predicted octanol–water partition coefficient (Wildman–Crippen LogP) is 4.43. The highest BCUT2D eigenvalue weighted by molar-refractivity contribution is 6.32. The highest BCUT2D eigenvalue weighted by atomic mass is 35.5. The molecular weight excluding hydrogens is 284 g/mol. The molecule has 0 amide bonds. The van der Waals surface area contributed by atoms with Crippen molar-refractivity contribution in [3.05, 3.63) is 75.8 Å². The smallest absolute Gasteiger partial charge is 0.334 e. The second kappa shape index (κ2) is 5.74. The molecule has 1 aliphatic carbocycles. The number of carbonyl (C=O) groups excluding carboxylic acids is 1. The molecular formula is C18H15ClO2. The fourth-order valence-electron chi connectivity index (χ4n) is 2.77. The van der Waals surface area contributed by atoms with Gasteiger partial charge in [-0.15, -0.1) is 0 Å². The van der Waals surface area contributed by atoms with E-state index in [1.54, 1.807) is 0 Å². The molecule has 1 aliphatic rings. The van der Waals surface area contributed by atoms with Crippen molar-refractivity contribution in [3.8, 4) is 0 Å². The van der Waals surface area contributed by atoms with Crippen LogP contribution in [-0.2, 0) is 9.53 Å². The zero-order valence-electron chi connectivity index (χ0n) is 11.7. The first-order valence-corrected chi connectivity index (χ1v) is 7.32. The van der Waals surface area contributed by atoms with Crippen LogP contribution in [0.4, 0.5) is 0 Å². The summed E-state index contributed by atoms with van der Waals surface area (Å²) in [5, 5.41) is 0.678. The number of halogens is 1. The quantitative estimate of drug-likeness (QED) is 0.784. The summed E-state index contributed by atoms with van der Waals surface area (Å²) >= 11 is 6.38. The van der Waals surface area contributed by atoms with Crippen molar-refractivity contribution in [1.29, 1.82) is 0 Å². The lowest BCUT2D eigenvalue weighted by molar-refractivity contribution is -0.138. The van der Waals surface area contributed by atoms with E-state index < -0.39 is 0 Å². The van der Waals surface area contributed by atoms with Crippen LogP contribution in [0.3, 0.4) is 0 Å². The maximum Gasteiger partial charge on any atom is 0.334 e. The average molecular weight is 299 g/mol. The van der Waals surface area contributed by atoms with Crippen molar-refractivity contribution in [2.45, 2.75) is 12.8 Å². The van der Waals surface area contributed by atoms with Gasteiger partial charge in [0.1, 0.15) is 0 Å². The highest BCUT2D eigenvalue weighted by Gasteiger charge is 2.33. The molecule has 2 nitrogen and oxygen atoms in total. The van der Waals surface area contributed by atoms with Crippen LogP contribution in [0.25, 0.3) is 6.08 Å². The molecule has 2 aromatic carbocycles. The molecule has 1 unspecified atom stereocenters. The van der Waals surface area contributed by atoms with Gasteiger partial charge in [-0.2, -0.15) is 0 Å². The zero-order chi connectivity index (χ0) is 14.8. The Morgan fingerprint density at radius 1 is 1.14 bits per heavy atom. The largest absolute Gasteiger partial charge is 0.463 e. The van der Waals surface area contributed by atoms with Gasteiger partial charge in [0.05, 0.1) is 6.61 Å². The van der Waals surface area contributed by atoms with E-state index in [-0.39, 0.29) is 11.9 Å². The van der Waals surface area contributed by atoms with E-state index in [0.717, 1.165) is 16.7 Å². The molecule has 0 radical (unpaired) electrons. The van der Waals surface area contributed by atoms with E-state index in [1.165, 1.54) is 0 Å². The molecule has 21 heavy (non-hydrogen) atoms. The number of esters is 1. The van der Waals surface area contributed by atoms with Gasteiger partial charge in [-0.25, -0.2) is 4.79 Å². The Hall–Kier alpha value is -2.06. The van der Waals surface area contributed by atoms with Crippen LogP contribution < -0.4 is 0 Å². The third-order valence-electron chi connectivity index (χ3n) is 3.64. The van der Waals surface area contributed by atoms with Crippen LogP contribution in [0.5, 0.6) is 0 Å². The molecule has 0 bridgehead atoms. The van der Waals surface area contributed by atoms with E-state index in [1.807, 2.05) is 61.5 Å². The molecule has 0 aliphatic heterocycles. The lowest BCUT2D eigenvalue weighted by atomic mass is 9.88. The normalized spacial score (nSPS) is 16.3. The second-order valence-corrected chi connectivity index (χ2v) is 5.31. The van der Waals surface area contributed by atoms with Crippen LogP contribution in [-0.4, -0.2) is 12.6 Å². The van der Waals surface area contributed by atoms with Crippen molar-refractivity contribution >= 4 is 23.6 Å². The number of benzene rings is 2. The van der Waals surface area contributed by atoms with Gasteiger partial charge in [-0.3, -0.25) is 0 Å². The Morgan fingerprint density at radius 3 is 2.62 bits per heavy atom. The zero-order valence-corrected chi connectivity index (χ0v) is 12.4. The molecule has 0 saturated heterocycles. The summed E-state index contributed by atoms with van der Waals surface area (Å²) in [7, 11) is 0. The summed E-state index contributed by atoms with van der Waals surface area (Å²) in [5.41, 5.74) is 3.66. The third-order valence-corrected chi connectivity index (χ3v) is 3.97. The SMILES string of the molecule is CCOC(=O)C1=Cc2cccc(Cl)c2C1c1ccccc1. The molecule has 106 valence electrons. The third kappa shape index (κ3) is 2.47. The van der Waals surface area contributed by atoms with Crippen molar-refractivity contribution < 1.29 is 9.53 Å². The Morgan fingerprint density at radius 2 is 1.90 bits per heavy atom. The minimum Gasteiger partial charge on any atom is -0.463 e. The standard InChI is InChI=1S/C18H15ClO2/c1-2-21-18(20)14-11-13-9-6-10-15(19)17(13)16(14)12-7-4-3-5-8-12/h3-11,16H,2H2,1H3. The van der Waals surface area contributed by atoms with Crippen LogP contribution in [0.15, 0.2) is 54.1 Å². The number of carbonyl (C=O) groups is 1. The molecule has 2 aromatic rings. The summed E-state index contributed by atoms with van der Waals surface area (Å²) in [6, 6.07) is 15.6. The van der Waals surface area contributed by atoms with Crippen LogP contribution in [0, 0.1) is 0 Å². The molecule has 0 spiro atoms. The van der Waals surface area contributed by atoms with Crippen molar-refractivity contribution in [1.82, 2.24) is 0 Å². The summed E-state index contributed by atoms with van der Waals surface area (Å²) in [6.45, 7) is 2.17. The molecule has 0 N–H and O–H groups in total. The lowest BCUT2D eigenvalue weighted by Gasteiger charge is -2.17. The number of ether oxygens (including phenoxy) is 1. The summed E-state index contributed by atoms with van der Waals surface area (Å²) in [6.07, 6.45) is 1.89. The van der Waals surface area contributed by atoms with E-state index in [0.29, 0.717) is 17.2 Å². The van der Waals surface area contributed by atoms with Crippen LogP contribution >= 0.6 is 11.6 Å². The second-order valence-electron chi connectivity index (χ2n) is 4.91. The maximum atomic E-state index is 12.3. The molecule has 1 atom stereocenters. The van der Waals surface area contributed by atoms with Crippen molar-refractivity contribution in [2.75, 3.05) is 6.61 Å². The molecule has 3 heteroatoms. The monoisotopic (exact) mass is 298 g/mol. The summed E-state index contributed by atoms with van der Waals surface area (Å²) in [5.74, 6) is -0.437. The number of hydrogen-bond donors (Lipinski definition) is 0. The molecule has 0 aromatic heterocycles. The number of rotatable bonds is 3. The first-order valence-electron chi connectivity index (χ1n) is 6.94. The van der Waals surface area contributed by atoms with Gasteiger partial charge >= 0.3 is 5.97 Å². The minimum atomic E-state index is -0.279. The van der Waals surface area contributed by atoms with Gasteiger partial charge in [-0.1, -0.05) is 54.1 Å². The van der Waals surface area contributed by atoms with E-state index >= 15 is 0 Å². The van der Waals surface area contributed by atoms with Gasteiger partial charge < -0.3 is 4.74 Å². The van der Waals surface area contributed by atoms with Crippen LogP contribution in [0.1, 0.15) is 29.5 Å².